The highest BCUT2D eigenvalue weighted by Gasteiger charge is 2.15. The van der Waals surface area contributed by atoms with Gasteiger partial charge >= 0.3 is 9.28 Å². The van der Waals surface area contributed by atoms with Crippen molar-refractivity contribution in [2.45, 2.75) is 97.4 Å². The molecule has 0 heterocycles. The minimum atomic E-state index is -1.10. The van der Waals surface area contributed by atoms with Crippen molar-refractivity contribution in [3.05, 3.63) is 0 Å². The summed E-state index contributed by atoms with van der Waals surface area (Å²) in [6.07, 6.45) is 12.3. The molecule has 0 unspecified atom stereocenters. The zero-order valence-electron chi connectivity index (χ0n) is 16.2. The van der Waals surface area contributed by atoms with E-state index in [2.05, 4.69) is 20.8 Å². The maximum Gasteiger partial charge on any atom is 0.384 e. The third-order valence-corrected chi connectivity index (χ3v) is 6.63. The van der Waals surface area contributed by atoms with Crippen molar-refractivity contribution in [1.29, 1.82) is 0 Å². The maximum absolute atomic E-state index is 11.8. The van der Waals surface area contributed by atoms with E-state index in [0.717, 1.165) is 63.5 Å². The van der Waals surface area contributed by atoms with Crippen molar-refractivity contribution in [2.24, 2.45) is 0 Å². The molecule has 143 valence electrons. The number of carbonyl (C=O) groups is 1. The molecule has 0 bridgehead atoms. The van der Waals surface area contributed by atoms with Gasteiger partial charge in [-0.3, -0.25) is 4.79 Å². The molecule has 0 aromatic rings. The second-order valence-corrected chi connectivity index (χ2v) is 9.24. The molecule has 24 heavy (non-hydrogen) atoms. The average Bonchev–Trinajstić information content (AvgIpc) is 2.58. The first kappa shape index (κ1) is 24.2. The predicted molar refractivity (Wildman–Crippen MR) is 108 cm³/mol. The van der Waals surface area contributed by atoms with Gasteiger partial charge in [0.1, 0.15) is 0 Å². The number of thioether (sulfide) groups is 1. The van der Waals surface area contributed by atoms with Crippen LogP contribution in [-0.2, 0) is 13.6 Å². The Labute approximate surface area is 156 Å². The Bertz CT molecular complexity index is 267. The van der Waals surface area contributed by atoms with Crippen molar-refractivity contribution in [3.8, 4) is 0 Å². The van der Waals surface area contributed by atoms with Gasteiger partial charge in [-0.2, -0.15) is 0 Å². The molecule has 0 fully saturated rings. The third kappa shape index (κ3) is 17.0. The fraction of sp³-hybridized carbons (Fsp3) is 0.947. The second kappa shape index (κ2) is 19.5. The van der Waals surface area contributed by atoms with Crippen LogP contribution in [0.3, 0.4) is 0 Å². The van der Waals surface area contributed by atoms with Gasteiger partial charge in [0.25, 0.3) is 0 Å². The fourth-order valence-electron chi connectivity index (χ4n) is 2.17. The van der Waals surface area contributed by atoms with E-state index in [-0.39, 0.29) is 0 Å². The lowest BCUT2D eigenvalue weighted by Crippen LogP contribution is -2.24. The molecule has 0 aliphatic heterocycles. The fourth-order valence-corrected chi connectivity index (χ4v) is 4.69. The first-order chi connectivity index (χ1) is 11.7. The molecular formula is C19H39O3SSi. The monoisotopic (exact) mass is 375 g/mol. The number of rotatable bonds is 18. The van der Waals surface area contributed by atoms with Crippen molar-refractivity contribution in [3.63, 3.8) is 0 Å². The van der Waals surface area contributed by atoms with E-state index in [4.69, 9.17) is 8.85 Å². The Morgan fingerprint density at radius 3 is 2.00 bits per heavy atom. The normalized spacial score (nSPS) is 11.3. The summed E-state index contributed by atoms with van der Waals surface area (Å²) < 4.78 is 11.9. The molecule has 0 aromatic heterocycles. The van der Waals surface area contributed by atoms with Gasteiger partial charge < -0.3 is 8.85 Å². The van der Waals surface area contributed by atoms with E-state index in [1.165, 1.54) is 43.9 Å². The van der Waals surface area contributed by atoms with Crippen molar-refractivity contribution in [2.75, 3.05) is 19.0 Å². The Kier molecular flexibility index (Phi) is 19.6. The molecule has 0 aliphatic carbocycles. The zero-order valence-corrected chi connectivity index (χ0v) is 18.1. The van der Waals surface area contributed by atoms with Gasteiger partial charge in [0.2, 0.25) is 0 Å². The van der Waals surface area contributed by atoms with Crippen LogP contribution in [0.1, 0.15) is 91.4 Å². The highest BCUT2D eigenvalue weighted by atomic mass is 32.2. The summed E-state index contributed by atoms with van der Waals surface area (Å²) in [7, 11) is -1.10. The molecule has 0 aromatic carbocycles. The van der Waals surface area contributed by atoms with Gasteiger partial charge in [0, 0.05) is 25.4 Å². The average molecular weight is 376 g/mol. The standard InChI is InChI=1S/C19H39O3SSi/c1-4-7-10-11-14-19(20)23-17-12-13-18-24(21-15-8-5-2)22-16-9-6-3/h4-18H2,1-3H3. The summed E-state index contributed by atoms with van der Waals surface area (Å²) >= 11 is 1.52. The molecule has 5 heteroatoms. The summed E-state index contributed by atoms with van der Waals surface area (Å²) in [6, 6.07) is 1.04. The second-order valence-electron chi connectivity index (χ2n) is 6.26. The highest BCUT2D eigenvalue weighted by molar-refractivity contribution is 8.13. The van der Waals surface area contributed by atoms with E-state index < -0.39 is 9.28 Å². The minimum Gasteiger partial charge on any atom is -0.393 e. The van der Waals surface area contributed by atoms with Crippen LogP contribution in [0.5, 0.6) is 0 Å². The van der Waals surface area contributed by atoms with Crippen LogP contribution in [-0.4, -0.2) is 33.4 Å². The largest absolute Gasteiger partial charge is 0.393 e. The molecule has 0 rings (SSSR count). The van der Waals surface area contributed by atoms with Gasteiger partial charge in [-0.1, -0.05) is 71.1 Å². The van der Waals surface area contributed by atoms with Crippen LogP contribution in [0.4, 0.5) is 0 Å². The number of hydrogen-bond donors (Lipinski definition) is 0. The Hall–Kier alpha value is 0.157. The topological polar surface area (TPSA) is 35.5 Å². The van der Waals surface area contributed by atoms with Crippen LogP contribution in [0.25, 0.3) is 0 Å². The molecule has 3 nitrogen and oxygen atoms in total. The van der Waals surface area contributed by atoms with Crippen LogP contribution < -0.4 is 0 Å². The molecule has 0 spiro atoms. The van der Waals surface area contributed by atoms with Gasteiger partial charge in [0.05, 0.1) is 0 Å². The molecule has 0 N–H and O–H groups in total. The summed E-state index contributed by atoms with van der Waals surface area (Å²) in [5.41, 5.74) is 0. The lowest BCUT2D eigenvalue weighted by Gasteiger charge is -2.15. The quantitative estimate of drug-likeness (QED) is 0.213. The minimum absolute atomic E-state index is 0.370. The molecule has 0 saturated carbocycles. The van der Waals surface area contributed by atoms with Crippen molar-refractivity contribution < 1.29 is 13.6 Å². The van der Waals surface area contributed by atoms with E-state index in [0.29, 0.717) is 5.12 Å². The first-order valence-corrected chi connectivity index (χ1v) is 12.5. The summed E-state index contributed by atoms with van der Waals surface area (Å²) in [4.78, 5) is 11.8. The van der Waals surface area contributed by atoms with Crippen LogP contribution in [0.2, 0.25) is 6.04 Å². The van der Waals surface area contributed by atoms with Crippen molar-refractivity contribution in [1.82, 2.24) is 0 Å². The van der Waals surface area contributed by atoms with E-state index in [1.54, 1.807) is 0 Å². The van der Waals surface area contributed by atoms with Gasteiger partial charge in [-0.05, 0) is 31.7 Å². The van der Waals surface area contributed by atoms with Crippen LogP contribution in [0, 0.1) is 0 Å². The van der Waals surface area contributed by atoms with Crippen molar-refractivity contribution >= 4 is 26.2 Å². The predicted octanol–water partition coefficient (Wildman–Crippen LogP) is 6.12. The molecule has 0 aliphatic rings. The van der Waals surface area contributed by atoms with Crippen LogP contribution >= 0.6 is 11.8 Å². The summed E-state index contributed by atoms with van der Waals surface area (Å²) in [5.74, 6) is 0.950. The molecular weight excluding hydrogens is 336 g/mol. The SMILES string of the molecule is CCCCCCC(=O)SCCCC[Si](OCCCC)OCCCC. The van der Waals surface area contributed by atoms with Gasteiger partial charge in [-0.15, -0.1) is 0 Å². The third-order valence-electron chi connectivity index (χ3n) is 3.79. The van der Waals surface area contributed by atoms with Gasteiger partial charge in [0.15, 0.2) is 5.12 Å². The lowest BCUT2D eigenvalue weighted by atomic mass is 10.2. The summed E-state index contributed by atoms with van der Waals surface area (Å²) in [6.45, 7) is 8.24. The van der Waals surface area contributed by atoms with E-state index >= 15 is 0 Å². The Morgan fingerprint density at radius 1 is 0.792 bits per heavy atom. The summed E-state index contributed by atoms with van der Waals surface area (Å²) in [5, 5.41) is 0.370. The molecule has 0 amide bonds. The van der Waals surface area contributed by atoms with Crippen LogP contribution in [0.15, 0.2) is 0 Å². The molecule has 0 atom stereocenters. The van der Waals surface area contributed by atoms with E-state index in [9.17, 15) is 4.79 Å². The number of hydrogen-bond acceptors (Lipinski definition) is 4. The lowest BCUT2D eigenvalue weighted by molar-refractivity contribution is -0.111. The number of carbonyl (C=O) groups excluding carboxylic acids is 1. The zero-order chi connectivity index (χ0) is 17.9. The first-order valence-electron chi connectivity index (χ1n) is 10.0. The molecule has 0 saturated heterocycles. The molecule has 1 radical (unpaired) electrons. The smallest absolute Gasteiger partial charge is 0.384 e. The number of unbranched alkanes of at least 4 members (excludes halogenated alkanes) is 6. The highest BCUT2D eigenvalue weighted by Crippen LogP contribution is 2.14. The Balaban J connectivity index is 3.66. The van der Waals surface area contributed by atoms with E-state index in [1.807, 2.05) is 0 Å². The van der Waals surface area contributed by atoms with Gasteiger partial charge in [-0.25, -0.2) is 0 Å². The maximum atomic E-state index is 11.8. The Morgan fingerprint density at radius 2 is 1.42 bits per heavy atom.